The quantitative estimate of drug-likeness (QED) is 0.383. The number of β-amino-alcohol motifs (C(OH)–C–C–N with tert-alkyl or cyclic N) is 1. The number of fused-ring (bicyclic) bond motifs is 1. The van der Waals surface area contributed by atoms with E-state index in [-0.39, 0.29) is 18.6 Å². The molecule has 182 valence electrons. The van der Waals surface area contributed by atoms with Crippen LogP contribution >= 0.6 is 0 Å². The van der Waals surface area contributed by atoms with E-state index in [4.69, 9.17) is 9.84 Å². The number of para-hydroxylation sites is 1. The molecule has 0 aromatic heterocycles. The van der Waals surface area contributed by atoms with Gasteiger partial charge >= 0.3 is 5.97 Å². The van der Waals surface area contributed by atoms with E-state index in [1.165, 1.54) is 11.1 Å². The monoisotopic (exact) mass is 464 g/mol. The Morgan fingerprint density at radius 2 is 1.88 bits per heavy atom. The van der Waals surface area contributed by atoms with Gasteiger partial charge in [-0.25, -0.2) is 0 Å². The minimum absolute atomic E-state index is 0.0821. The highest BCUT2D eigenvalue weighted by Gasteiger charge is 2.28. The summed E-state index contributed by atoms with van der Waals surface area (Å²) in [6.45, 7) is 4.82. The molecule has 1 atom stereocenters. The van der Waals surface area contributed by atoms with Crippen LogP contribution in [0.1, 0.15) is 61.8 Å². The Hall–Kier alpha value is -2.88. The van der Waals surface area contributed by atoms with Crippen molar-refractivity contribution in [2.75, 3.05) is 13.2 Å². The molecule has 0 spiro atoms. The number of aliphatic hydroxyl groups is 1. The number of hydrogen-bond acceptors (Lipinski definition) is 5. The van der Waals surface area contributed by atoms with Crippen LogP contribution in [0.25, 0.3) is 0 Å². The van der Waals surface area contributed by atoms with Crippen LogP contribution in [0, 0.1) is 17.2 Å². The first-order valence-electron chi connectivity index (χ1n) is 12.1. The number of unbranched alkanes of at least 4 members (excludes halogenated alkanes) is 1. The summed E-state index contributed by atoms with van der Waals surface area (Å²) < 4.78 is 5.91. The molecule has 0 fully saturated rings. The molecular formula is C28H36N2O4. The fraction of sp³-hybridized carbons (Fsp3) is 0.500. The Morgan fingerprint density at radius 3 is 2.53 bits per heavy atom. The third-order valence-electron chi connectivity index (χ3n) is 6.47. The van der Waals surface area contributed by atoms with Crippen molar-refractivity contribution >= 4 is 5.97 Å². The van der Waals surface area contributed by atoms with Crippen molar-refractivity contribution in [2.24, 2.45) is 5.92 Å². The average molecular weight is 465 g/mol. The van der Waals surface area contributed by atoms with Gasteiger partial charge in [-0.15, -0.1) is 0 Å². The SMILES string of the molecule is CC(C)(CC1Cc2ccccc2C1)NC[C@@H](O)COc1c(C#N)cccc1CCCCC(=O)O. The van der Waals surface area contributed by atoms with Crippen molar-refractivity contribution in [3.05, 3.63) is 64.7 Å². The lowest BCUT2D eigenvalue weighted by Crippen LogP contribution is -2.46. The lowest BCUT2D eigenvalue weighted by Gasteiger charge is -2.30. The molecule has 3 rings (SSSR count). The molecule has 3 N–H and O–H groups in total. The Kier molecular flexibility index (Phi) is 9.09. The zero-order chi connectivity index (χ0) is 24.6. The number of benzene rings is 2. The summed E-state index contributed by atoms with van der Waals surface area (Å²) in [5, 5.41) is 32.4. The minimum Gasteiger partial charge on any atom is -0.489 e. The fourth-order valence-electron chi connectivity index (χ4n) is 4.85. The van der Waals surface area contributed by atoms with Gasteiger partial charge in [0.05, 0.1) is 5.56 Å². The summed E-state index contributed by atoms with van der Waals surface area (Å²) in [7, 11) is 0. The number of aliphatic hydroxyl groups excluding tert-OH is 1. The number of aliphatic carboxylic acids is 1. The van der Waals surface area contributed by atoms with Crippen molar-refractivity contribution in [2.45, 2.75) is 70.4 Å². The smallest absolute Gasteiger partial charge is 0.303 e. The number of hydrogen-bond donors (Lipinski definition) is 3. The van der Waals surface area contributed by atoms with E-state index in [0.29, 0.717) is 43.0 Å². The predicted octanol–water partition coefficient (Wildman–Crippen LogP) is 4.27. The van der Waals surface area contributed by atoms with Crippen molar-refractivity contribution in [3.8, 4) is 11.8 Å². The van der Waals surface area contributed by atoms with Gasteiger partial charge in [0.1, 0.15) is 24.5 Å². The first kappa shape index (κ1) is 25.7. The normalized spacial score (nSPS) is 14.4. The molecule has 0 saturated carbocycles. The maximum Gasteiger partial charge on any atom is 0.303 e. The van der Waals surface area contributed by atoms with E-state index in [1.807, 2.05) is 6.07 Å². The summed E-state index contributed by atoms with van der Waals surface area (Å²) in [6, 6.07) is 16.2. The van der Waals surface area contributed by atoms with E-state index in [1.54, 1.807) is 12.1 Å². The van der Waals surface area contributed by atoms with Crippen LogP contribution in [0.2, 0.25) is 0 Å². The largest absolute Gasteiger partial charge is 0.489 e. The Balaban J connectivity index is 1.48. The number of nitrogens with one attached hydrogen (secondary N) is 1. The molecule has 0 heterocycles. The van der Waals surface area contributed by atoms with E-state index >= 15 is 0 Å². The van der Waals surface area contributed by atoms with Gasteiger partial charge in [0.25, 0.3) is 0 Å². The van der Waals surface area contributed by atoms with Gasteiger partial charge < -0.3 is 20.3 Å². The highest BCUT2D eigenvalue weighted by Crippen LogP contribution is 2.32. The minimum atomic E-state index is -0.807. The average Bonchev–Trinajstić information content (AvgIpc) is 3.20. The van der Waals surface area contributed by atoms with E-state index in [0.717, 1.165) is 24.8 Å². The summed E-state index contributed by atoms with van der Waals surface area (Å²) in [5.41, 5.74) is 4.08. The van der Waals surface area contributed by atoms with Crippen LogP contribution in [-0.4, -0.2) is 41.0 Å². The number of ether oxygens (including phenoxy) is 1. The first-order chi connectivity index (χ1) is 16.3. The van der Waals surface area contributed by atoms with Crippen molar-refractivity contribution in [3.63, 3.8) is 0 Å². The second-order valence-corrected chi connectivity index (χ2v) is 9.98. The van der Waals surface area contributed by atoms with Crippen molar-refractivity contribution in [1.82, 2.24) is 5.32 Å². The third-order valence-corrected chi connectivity index (χ3v) is 6.47. The van der Waals surface area contributed by atoms with Gasteiger partial charge in [-0.2, -0.15) is 5.26 Å². The molecule has 0 unspecified atom stereocenters. The number of carboxylic acids is 1. The van der Waals surface area contributed by atoms with Gasteiger partial charge in [-0.1, -0.05) is 36.4 Å². The predicted molar refractivity (Wildman–Crippen MR) is 132 cm³/mol. The van der Waals surface area contributed by atoms with E-state index < -0.39 is 12.1 Å². The maximum atomic E-state index is 10.7. The van der Waals surface area contributed by atoms with Gasteiger partial charge in [0.15, 0.2) is 0 Å². The number of carboxylic acid groups (broad SMARTS) is 1. The molecule has 0 aliphatic heterocycles. The van der Waals surface area contributed by atoms with Crippen LogP contribution in [0.4, 0.5) is 0 Å². The molecule has 2 aromatic rings. The van der Waals surface area contributed by atoms with Crippen LogP contribution in [0.3, 0.4) is 0 Å². The number of carbonyl (C=O) groups is 1. The molecule has 34 heavy (non-hydrogen) atoms. The Morgan fingerprint density at radius 1 is 1.18 bits per heavy atom. The fourth-order valence-corrected chi connectivity index (χ4v) is 4.85. The Bertz CT molecular complexity index is 987. The molecule has 0 amide bonds. The third kappa shape index (κ3) is 7.58. The number of rotatable bonds is 13. The molecule has 1 aliphatic rings. The lowest BCUT2D eigenvalue weighted by molar-refractivity contribution is -0.137. The van der Waals surface area contributed by atoms with Gasteiger partial charge in [0, 0.05) is 18.5 Å². The molecular weight excluding hydrogens is 428 g/mol. The van der Waals surface area contributed by atoms with Crippen LogP contribution in [0.15, 0.2) is 42.5 Å². The molecule has 2 aromatic carbocycles. The highest BCUT2D eigenvalue weighted by atomic mass is 16.5. The summed E-state index contributed by atoms with van der Waals surface area (Å²) >= 11 is 0. The van der Waals surface area contributed by atoms with E-state index in [2.05, 4.69) is 49.5 Å². The van der Waals surface area contributed by atoms with Crippen LogP contribution < -0.4 is 10.1 Å². The van der Waals surface area contributed by atoms with Crippen molar-refractivity contribution in [1.29, 1.82) is 5.26 Å². The first-order valence-corrected chi connectivity index (χ1v) is 12.1. The zero-order valence-electron chi connectivity index (χ0n) is 20.2. The maximum absolute atomic E-state index is 10.7. The number of nitrogens with zero attached hydrogens (tertiary/aromatic N) is 1. The second kappa shape index (κ2) is 12.0. The standard InChI is InChI=1S/C28H36N2O4/c1-28(2,16-20-14-22-9-3-4-10-23(22)15-20)30-18-25(31)19-34-27-21(8-5-6-13-26(32)33)11-7-12-24(27)17-29/h3-4,7,9-12,20,25,30-31H,5-6,8,13-16,18-19H2,1-2H3,(H,32,33)/t25-/m1/s1. The van der Waals surface area contributed by atoms with Crippen LogP contribution in [-0.2, 0) is 24.1 Å². The molecule has 0 saturated heterocycles. The molecule has 0 radical (unpaired) electrons. The summed E-state index contributed by atoms with van der Waals surface area (Å²) in [4.78, 5) is 10.7. The summed E-state index contributed by atoms with van der Waals surface area (Å²) in [6.07, 6.45) is 4.53. The van der Waals surface area contributed by atoms with Gasteiger partial charge in [0.2, 0.25) is 0 Å². The molecule has 6 nitrogen and oxygen atoms in total. The topological polar surface area (TPSA) is 103 Å². The number of aryl methyl sites for hydroxylation is 1. The second-order valence-electron chi connectivity index (χ2n) is 9.98. The molecule has 6 heteroatoms. The summed E-state index contributed by atoms with van der Waals surface area (Å²) in [5.74, 6) is 0.278. The van der Waals surface area contributed by atoms with Crippen molar-refractivity contribution < 1.29 is 19.7 Å². The zero-order valence-corrected chi connectivity index (χ0v) is 20.2. The van der Waals surface area contributed by atoms with Gasteiger partial charge in [-0.3, -0.25) is 4.79 Å². The van der Waals surface area contributed by atoms with E-state index in [9.17, 15) is 15.2 Å². The highest BCUT2D eigenvalue weighted by molar-refractivity contribution is 5.66. The molecule has 1 aliphatic carbocycles. The molecule has 0 bridgehead atoms. The van der Waals surface area contributed by atoms with Gasteiger partial charge in [-0.05, 0) is 81.0 Å². The number of nitriles is 1. The Labute approximate surface area is 202 Å². The lowest BCUT2D eigenvalue weighted by atomic mass is 9.88. The van der Waals surface area contributed by atoms with Crippen LogP contribution in [0.5, 0.6) is 5.75 Å².